The van der Waals surface area contributed by atoms with Gasteiger partial charge in [0, 0.05) is 49.3 Å². The van der Waals surface area contributed by atoms with Crippen molar-refractivity contribution < 1.29 is 13.2 Å². The molecule has 1 amide bonds. The zero-order valence-corrected chi connectivity index (χ0v) is 23.3. The average molecular weight is 495 g/mol. The molecule has 2 aromatic rings. The number of hydrogen-bond donors (Lipinski definition) is 1. The molecule has 2 heterocycles. The molecule has 1 N–H and O–H groups in total. The number of piperidine rings is 1. The monoisotopic (exact) mass is 494 g/mol. The Morgan fingerprint density at radius 2 is 1.79 bits per heavy atom. The summed E-state index contributed by atoms with van der Waals surface area (Å²) in [5, 5.41) is 4.17. The number of nitrogens with one attached hydrogen (secondary N) is 1. The Morgan fingerprint density at radius 3 is 2.38 bits per heavy atom. The normalized spacial score (nSPS) is 19.9. The first kappa shape index (κ1) is 25.7. The van der Waals surface area contributed by atoms with Crippen LogP contribution in [0.4, 0.5) is 5.69 Å². The predicted octanol–water partition coefficient (Wildman–Crippen LogP) is 1.52. The van der Waals surface area contributed by atoms with Crippen molar-refractivity contribution in [2.75, 3.05) is 24.4 Å². The number of benzene rings is 1. The number of rotatable bonds is 6. The van der Waals surface area contributed by atoms with Gasteiger partial charge in [0.25, 0.3) is 0 Å². The molecule has 1 fully saturated rings. The zero-order valence-electron chi connectivity index (χ0n) is 20.5. The van der Waals surface area contributed by atoms with Crippen molar-refractivity contribution in [2.24, 2.45) is 7.05 Å². The van der Waals surface area contributed by atoms with E-state index in [9.17, 15) is 13.2 Å². The Kier molecular flexibility index (Phi) is 7.79. The van der Waals surface area contributed by atoms with Gasteiger partial charge in [-0.15, -0.1) is 0 Å². The van der Waals surface area contributed by atoms with E-state index in [1.165, 1.54) is 26.6 Å². The molecule has 0 saturated carbocycles. The molecule has 34 heavy (non-hydrogen) atoms. The van der Waals surface area contributed by atoms with Gasteiger partial charge < -0.3 is 4.90 Å². The van der Waals surface area contributed by atoms with Gasteiger partial charge in [-0.05, 0) is 92.8 Å². The van der Waals surface area contributed by atoms with E-state index in [2.05, 4.69) is 20.8 Å². The number of aryl methyl sites for hydroxylation is 3. The number of carbonyl (C=O) groups excluding carboxylic acids is 1. The van der Waals surface area contributed by atoms with Gasteiger partial charge in [0.15, 0.2) is 0 Å². The van der Waals surface area contributed by atoms with Crippen molar-refractivity contribution in [2.45, 2.75) is 63.8 Å². The topological polar surface area (TPSA) is 87.5 Å². The number of anilines is 1. The molecule has 0 bridgehead atoms. The fraction of sp³-hybridized carbons (Fsp3) is 0.583. The molecule has 1 radical (unpaired) electrons. The van der Waals surface area contributed by atoms with Crippen LogP contribution in [0.5, 0.6) is 0 Å². The van der Waals surface area contributed by atoms with Crippen molar-refractivity contribution in [3.63, 3.8) is 0 Å². The van der Waals surface area contributed by atoms with Crippen molar-refractivity contribution in [1.29, 1.82) is 0 Å². The molecule has 1 aromatic heterocycles. The molecular weight excluding hydrogens is 461 g/mol. The average Bonchev–Trinajstić information content (AvgIpc) is 3.48. The molecular formula is C24H33N5NaO3S. The van der Waals surface area contributed by atoms with Crippen LogP contribution in [0, 0.1) is 0 Å². The van der Waals surface area contributed by atoms with Gasteiger partial charge in [-0.25, -0.2) is 9.03 Å². The number of amides is 1. The van der Waals surface area contributed by atoms with Crippen LogP contribution in [0.3, 0.4) is 0 Å². The van der Waals surface area contributed by atoms with Crippen LogP contribution in [0.2, 0.25) is 0 Å². The van der Waals surface area contributed by atoms with Gasteiger partial charge in [-0.1, -0.05) is 6.07 Å². The van der Waals surface area contributed by atoms with E-state index in [0.717, 1.165) is 63.5 Å². The van der Waals surface area contributed by atoms with Gasteiger partial charge in [-0.2, -0.15) is 13.5 Å². The van der Waals surface area contributed by atoms with Crippen molar-refractivity contribution in [3.05, 3.63) is 46.3 Å². The van der Waals surface area contributed by atoms with E-state index in [1.54, 1.807) is 24.1 Å². The van der Waals surface area contributed by atoms with Crippen molar-refractivity contribution >= 4 is 51.4 Å². The molecule has 179 valence electrons. The number of aromatic nitrogens is 2. The maximum Gasteiger partial charge on any atom is 0.326 e. The van der Waals surface area contributed by atoms with Crippen LogP contribution in [0.1, 0.15) is 53.5 Å². The summed E-state index contributed by atoms with van der Waals surface area (Å²) in [6, 6.07) is 2.08. The molecule has 3 aliphatic rings. The third kappa shape index (κ3) is 5.09. The molecule has 10 heteroatoms. The first-order chi connectivity index (χ1) is 15.8. The Balaban J connectivity index is 0.00000274. The van der Waals surface area contributed by atoms with E-state index >= 15 is 0 Å². The Morgan fingerprint density at radius 1 is 1.12 bits per heavy atom. The maximum absolute atomic E-state index is 13.6. The van der Waals surface area contributed by atoms with Gasteiger partial charge in [-0.3, -0.25) is 9.48 Å². The number of fused-ring (bicyclic) bond motifs is 2. The van der Waals surface area contributed by atoms with E-state index < -0.39 is 16.1 Å². The largest absolute Gasteiger partial charge is 0.326 e. The summed E-state index contributed by atoms with van der Waals surface area (Å²) < 4.78 is 32.5. The van der Waals surface area contributed by atoms with Crippen LogP contribution >= 0.6 is 0 Å². The van der Waals surface area contributed by atoms with Crippen LogP contribution in [0.25, 0.3) is 0 Å². The summed E-state index contributed by atoms with van der Waals surface area (Å²) in [6.45, 7) is 1.55. The molecule has 1 aliphatic heterocycles. The maximum atomic E-state index is 13.6. The summed E-state index contributed by atoms with van der Waals surface area (Å²) >= 11 is 0. The van der Waals surface area contributed by atoms with Crippen LogP contribution in [0.15, 0.2) is 18.5 Å². The fourth-order valence-corrected chi connectivity index (χ4v) is 7.33. The summed E-state index contributed by atoms with van der Waals surface area (Å²) in [7, 11) is -0.323. The predicted molar refractivity (Wildman–Crippen MR) is 133 cm³/mol. The van der Waals surface area contributed by atoms with Crippen LogP contribution < -0.4 is 9.03 Å². The molecule has 1 unspecified atom stereocenters. The van der Waals surface area contributed by atoms with Gasteiger partial charge in [0.05, 0.1) is 24.3 Å². The summed E-state index contributed by atoms with van der Waals surface area (Å²) in [5.74, 6) is -0.456. The van der Waals surface area contributed by atoms with Crippen molar-refractivity contribution in [1.82, 2.24) is 19.4 Å². The first-order valence-electron chi connectivity index (χ1n) is 12.0. The minimum absolute atomic E-state index is 0. The smallest absolute Gasteiger partial charge is 0.304 e. The van der Waals surface area contributed by atoms with E-state index in [-0.39, 0.29) is 42.0 Å². The second-order valence-electron chi connectivity index (χ2n) is 9.77. The molecule has 1 aromatic carbocycles. The molecule has 1 saturated heterocycles. The van der Waals surface area contributed by atoms with E-state index in [1.807, 2.05) is 7.05 Å². The van der Waals surface area contributed by atoms with Crippen LogP contribution in [-0.4, -0.2) is 84.7 Å². The first-order valence-corrected chi connectivity index (χ1v) is 13.4. The number of hydrogen-bond acceptors (Lipinski definition) is 5. The van der Waals surface area contributed by atoms with E-state index in [4.69, 9.17) is 0 Å². The fourth-order valence-electron chi connectivity index (χ4n) is 5.94. The van der Waals surface area contributed by atoms with E-state index in [0.29, 0.717) is 12.2 Å². The summed E-state index contributed by atoms with van der Waals surface area (Å²) in [4.78, 5) is 15.3. The zero-order chi connectivity index (χ0) is 23.2. The second kappa shape index (κ2) is 10.3. The standard InChI is InChI=1S/C24H33N5O3S.Na/c1-27-11-5-8-19(15-27)29(20-14-25-28(2)16-20)33(31,32)26-24(30)13-23-21-9-3-6-17(21)12-18-7-4-10-22(18)23;/h12,14,16,19H,3-11,13,15H2,1-2H3,(H,26,30);. The minimum Gasteiger partial charge on any atom is -0.304 e. The quantitative estimate of drug-likeness (QED) is 0.616. The molecule has 1 atom stereocenters. The van der Waals surface area contributed by atoms with Gasteiger partial charge >= 0.3 is 10.2 Å². The molecule has 8 nitrogen and oxygen atoms in total. The Hall–Kier alpha value is -1.39. The number of likely N-dealkylation sites (tertiary alicyclic amines) is 1. The number of likely N-dealkylation sites (N-methyl/N-ethyl adjacent to an activating group) is 1. The SMILES string of the molecule is CN1CCCC(N(c2cnn(C)c2)S(=O)(=O)NC(=O)Cc2c3c(cc4c2CCC4)CCC3)C1.[Na]. The van der Waals surface area contributed by atoms with Gasteiger partial charge in [0.2, 0.25) is 5.91 Å². The summed E-state index contributed by atoms with van der Waals surface area (Å²) in [6.07, 6.45) is 11.3. The number of nitrogens with zero attached hydrogens (tertiary/aromatic N) is 4. The summed E-state index contributed by atoms with van der Waals surface area (Å²) in [5.41, 5.74) is 6.82. The third-order valence-corrected chi connectivity index (χ3v) is 8.83. The number of carbonyl (C=O) groups is 1. The molecule has 5 rings (SSSR count). The second-order valence-corrected chi connectivity index (χ2v) is 11.3. The molecule has 0 spiro atoms. The molecule has 2 aliphatic carbocycles. The Labute approximate surface area is 224 Å². The van der Waals surface area contributed by atoms with Crippen LogP contribution in [-0.2, 0) is 54.2 Å². The Bertz CT molecular complexity index is 1150. The third-order valence-electron chi connectivity index (χ3n) is 7.31. The minimum atomic E-state index is -4.08. The van der Waals surface area contributed by atoms with Gasteiger partial charge in [0.1, 0.15) is 0 Å². The van der Waals surface area contributed by atoms with Crippen molar-refractivity contribution in [3.8, 4) is 0 Å².